The van der Waals surface area contributed by atoms with Crippen molar-refractivity contribution in [3.63, 3.8) is 0 Å². The van der Waals surface area contributed by atoms with E-state index in [1.807, 2.05) is 25.1 Å². The fourth-order valence-electron chi connectivity index (χ4n) is 2.28. The Kier molecular flexibility index (Phi) is 3.70. The van der Waals surface area contributed by atoms with Gasteiger partial charge in [-0.05, 0) is 24.3 Å². The van der Waals surface area contributed by atoms with Crippen LogP contribution < -0.4 is 10.7 Å². The van der Waals surface area contributed by atoms with Crippen LogP contribution in [0, 0.1) is 0 Å². The highest BCUT2D eigenvalue weighted by Gasteiger charge is 2.09. The van der Waals surface area contributed by atoms with Gasteiger partial charge in [0.2, 0.25) is 0 Å². The zero-order chi connectivity index (χ0) is 13.1. The smallest absolute Gasteiger partial charge is 0.253 e. The van der Waals surface area contributed by atoms with Crippen LogP contribution >= 0.6 is 0 Å². The number of aromatic nitrogens is 1. The normalized spacial score (nSPS) is 11.0. The van der Waals surface area contributed by atoms with Crippen molar-refractivity contribution in [2.75, 3.05) is 0 Å². The highest BCUT2D eigenvalue weighted by atomic mass is 16.3. The van der Waals surface area contributed by atoms with Gasteiger partial charge in [0.15, 0.2) is 0 Å². The molecule has 2 aromatic rings. The van der Waals surface area contributed by atoms with Gasteiger partial charge in [0, 0.05) is 12.1 Å². The van der Waals surface area contributed by atoms with Crippen molar-refractivity contribution < 1.29 is 5.11 Å². The summed E-state index contributed by atoms with van der Waals surface area (Å²) in [6.45, 7) is 4.64. The summed E-state index contributed by atoms with van der Waals surface area (Å²) in [7, 11) is 0. The van der Waals surface area contributed by atoms with Gasteiger partial charge in [-0.3, -0.25) is 4.79 Å². The molecule has 0 aliphatic heterocycles. The molecule has 0 unspecified atom stereocenters. The molecule has 0 N–H and O–H groups in total. The second-order valence-corrected chi connectivity index (χ2v) is 4.49. The minimum atomic E-state index is -0.116. The molecule has 96 valence electrons. The molecule has 0 radical (unpaired) electrons. The summed E-state index contributed by atoms with van der Waals surface area (Å²) in [5.74, 6) is -0.106. The number of para-hydroxylation sites is 1. The third kappa shape index (κ3) is 2.01. The minimum Gasteiger partial charge on any atom is -0.872 e. The molecule has 18 heavy (non-hydrogen) atoms. The maximum Gasteiger partial charge on any atom is 0.253 e. The fourth-order valence-corrected chi connectivity index (χ4v) is 2.28. The predicted molar refractivity (Wildman–Crippen MR) is 71.9 cm³/mol. The molecule has 0 saturated heterocycles. The number of unbranched alkanes of at least 4 members (excludes halogenated alkanes) is 1. The lowest BCUT2D eigenvalue weighted by Gasteiger charge is -2.19. The second kappa shape index (κ2) is 5.25. The van der Waals surface area contributed by atoms with E-state index in [1.54, 1.807) is 10.6 Å². The van der Waals surface area contributed by atoms with Crippen LogP contribution in [0.1, 0.15) is 32.3 Å². The number of pyridine rings is 1. The first-order chi connectivity index (χ1) is 8.70. The van der Waals surface area contributed by atoms with Gasteiger partial charge in [-0.1, -0.05) is 44.2 Å². The third-order valence-electron chi connectivity index (χ3n) is 3.31. The van der Waals surface area contributed by atoms with Crippen molar-refractivity contribution in [1.29, 1.82) is 0 Å². The third-order valence-corrected chi connectivity index (χ3v) is 3.31. The molecule has 0 spiro atoms. The van der Waals surface area contributed by atoms with Crippen molar-refractivity contribution in [3.8, 4) is 5.75 Å². The van der Waals surface area contributed by atoms with Crippen LogP contribution in [0.3, 0.4) is 0 Å². The summed E-state index contributed by atoms with van der Waals surface area (Å²) >= 11 is 0. The summed E-state index contributed by atoms with van der Waals surface area (Å²) in [6, 6.07) is 7.37. The van der Waals surface area contributed by atoms with Crippen LogP contribution in [0.2, 0.25) is 0 Å². The van der Waals surface area contributed by atoms with Crippen LogP contribution in [0.15, 0.2) is 29.1 Å². The van der Waals surface area contributed by atoms with Crippen molar-refractivity contribution in [2.45, 2.75) is 39.7 Å². The molecule has 1 aromatic carbocycles. The van der Waals surface area contributed by atoms with E-state index >= 15 is 0 Å². The Morgan fingerprint density at radius 2 is 1.94 bits per heavy atom. The average Bonchev–Trinajstić information content (AvgIpc) is 2.39. The number of aryl methyl sites for hydroxylation is 1. The molecule has 2 rings (SSSR count). The highest BCUT2D eigenvalue weighted by molar-refractivity contribution is 5.85. The first kappa shape index (κ1) is 12.7. The van der Waals surface area contributed by atoms with Crippen molar-refractivity contribution in [1.82, 2.24) is 4.57 Å². The minimum absolute atomic E-state index is 0.106. The van der Waals surface area contributed by atoms with Gasteiger partial charge < -0.3 is 9.67 Å². The Balaban J connectivity index is 2.77. The molecule has 0 amide bonds. The summed E-state index contributed by atoms with van der Waals surface area (Å²) < 4.78 is 1.75. The SMILES string of the molecule is CCCCn1c(=O)c(CC)c([O-])c2ccccc21. The van der Waals surface area contributed by atoms with Crippen LogP contribution in [0.4, 0.5) is 0 Å². The van der Waals surface area contributed by atoms with Crippen LogP contribution in [0.5, 0.6) is 5.75 Å². The molecule has 0 bridgehead atoms. The summed E-state index contributed by atoms with van der Waals surface area (Å²) in [6.07, 6.45) is 2.47. The van der Waals surface area contributed by atoms with E-state index in [4.69, 9.17) is 0 Å². The maximum absolute atomic E-state index is 12.3. The largest absolute Gasteiger partial charge is 0.872 e. The second-order valence-electron chi connectivity index (χ2n) is 4.49. The quantitative estimate of drug-likeness (QED) is 0.829. The van der Waals surface area contributed by atoms with E-state index < -0.39 is 0 Å². The van der Waals surface area contributed by atoms with Gasteiger partial charge in [-0.2, -0.15) is 0 Å². The fraction of sp³-hybridized carbons (Fsp3) is 0.400. The number of hydrogen-bond acceptors (Lipinski definition) is 2. The lowest BCUT2D eigenvalue weighted by molar-refractivity contribution is -0.267. The van der Waals surface area contributed by atoms with Gasteiger partial charge in [0.05, 0.1) is 5.52 Å². The number of rotatable bonds is 4. The monoisotopic (exact) mass is 244 g/mol. The molecule has 3 nitrogen and oxygen atoms in total. The highest BCUT2D eigenvalue weighted by Crippen LogP contribution is 2.24. The molecule has 0 saturated carbocycles. The zero-order valence-electron chi connectivity index (χ0n) is 10.9. The Morgan fingerprint density at radius 1 is 1.22 bits per heavy atom. The Hall–Kier alpha value is -1.77. The van der Waals surface area contributed by atoms with E-state index in [1.165, 1.54) is 0 Å². The molecular formula is C15H18NO2-. The van der Waals surface area contributed by atoms with Crippen molar-refractivity contribution in [2.24, 2.45) is 0 Å². The summed E-state index contributed by atoms with van der Waals surface area (Å²) in [5.41, 5.74) is 1.05. The van der Waals surface area contributed by atoms with Crippen LogP contribution in [-0.2, 0) is 13.0 Å². The maximum atomic E-state index is 12.3. The summed E-state index contributed by atoms with van der Waals surface area (Å²) in [5, 5.41) is 12.9. The Labute approximate surface area is 107 Å². The first-order valence-electron chi connectivity index (χ1n) is 6.52. The van der Waals surface area contributed by atoms with Crippen LogP contribution in [0.25, 0.3) is 10.9 Å². The topological polar surface area (TPSA) is 45.1 Å². The van der Waals surface area contributed by atoms with Gasteiger partial charge >= 0.3 is 0 Å². The molecule has 1 aromatic heterocycles. The Bertz CT molecular complexity index is 614. The predicted octanol–water partition coefficient (Wildman–Crippen LogP) is 2.44. The lowest BCUT2D eigenvalue weighted by atomic mass is 10.1. The molecule has 3 heteroatoms. The number of fused-ring (bicyclic) bond motifs is 1. The van der Waals surface area contributed by atoms with E-state index in [0.29, 0.717) is 23.9 Å². The molecule has 0 aliphatic rings. The number of nitrogens with zero attached hydrogens (tertiary/aromatic N) is 1. The van der Waals surface area contributed by atoms with Crippen molar-refractivity contribution >= 4 is 10.9 Å². The molecule has 0 aliphatic carbocycles. The first-order valence-corrected chi connectivity index (χ1v) is 6.52. The van der Waals surface area contributed by atoms with Crippen LogP contribution in [-0.4, -0.2) is 4.57 Å². The molecular weight excluding hydrogens is 226 g/mol. The number of benzene rings is 1. The molecule has 0 atom stereocenters. The molecule has 1 heterocycles. The number of hydrogen-bond donors (Lipinski definition) is 0. The zero-order valence-corrected chi connectivity index (χ0v) is 10.9. The summed E-state index contributed by atoms with van der Waals surface area (Å²) in [4.78, 5) is 12.3. The Morgan fingerprint density at radius 3 is 2.61 bits per heavy atom. The van der Waals surface area contributed by atoms with Crippen molar-refractivity contribution in [3.05, 3.63) is 40.2 Å². The van der Waals surface area contributed by atoms with Gasteiger partial charge in [0.1, 0.15) is 0 Å². The van der Waals surface area contributed by atoms with Gasteiger partial charge in [0.25, 0.3) is 5.56 Å². The van der Waals surface area contributed by atoms with E-state index in [9.17, 15) is 9.90 Å². The lowest BCUT2D eigenvalue weighted by Crippen LogP contribution is -2.25. The van der Waals surface area contributed by atoms with E-state index in [-0.39, 0.29) is 11.3 Å². The van der Waals surface area contributed by atoms with E-state index in [2.05, 4.69) is 6.92 Å². The molecule has 0 fully saturated rings. The van der Waals surface area contributed by atoms with Gasteiger partial charge in [-0.15, -0.1) is 0 Å². The van der Waals surface area contributed by atoms with E-state index in [0.717, 1.165) is 18.4 Å². The van der Waals surface area contributed by atoms with Gasteiger partial charge in [-0.25, -0.2) is 0 Å². The standard InChI is InChI=1S/C15H19NO2/c1-3-5-10-16-13-9-7-6-8-12(13)14(17)11(4-2)15(16)18/h6-9,17H,3-5,10H2,1-2H3/p-1. The average molecular weight is 244 g/mol.